The minimum Gasteiger partial charge on any atom is -0.339 e. The minimum absolute atomic E-state index is 0.689. The van der Waals surface area contributed by atoms with Crippen LogP contribution in [0.5, 0.6) is 0 Å². The predicted molar refractivity (Wildman–Crippen MR) is 79.6 cm³/mol. The molecule has 1 aliphatic rings. The van der Waals surface area contributed by atoms with Gasteiger partial charge >= 0.3 is 0 Å². The molecule has 0 amide bonds. The van der Waals surface area contributed by atoms with Crippen LogP contribution in [0, 0.1) is 5.92 Å². The van der Waals surface area contributed by atoms with Gasteiger partial charge in [-0.2, -0.15) is 4.98 Å². The molecule has 6 heteroatoms. The molecule has 0 spiro atoms. The van der Waals surface area contributed by atoms with E-state index in [9.17, 15) is 0 Å². The molecule has 1 atom stereocenters. The number of piperidine rings is 1. The van der Waals surface area contributed by atoms with Crippen LogP contribution in [0.15, 0.2) is 22.8 Å². The number of rotatable bonds is 3. The number of aromatic nitrogens is 3. The monoisotopic (exact) mass is 323 g/mol. The van der Waals surface area contributed by atoms with Crippen LogP contribution < -0.4 is 10.2 Å². The van der Waals surface area contributed by atoms with Crippen molar-refractivity contribution in [3.63, 3.8) is 0 Å². The average molecular weight is 324 g/mol. The zero-order valence-electron chi connectivity index (χ0n) is 11.0. The molecule has 1 N–H and O–H groups in total. The molecule has 1 saturated heterocycles. The summed E-state index contributed by atoms with van der Waals surface area (Å²) in [6, 6.07) is 3.96. The van der Waals surface area contributed by atoms with Crippen LogP contribution in [-0.4, -0.2) is 41.3 Å². The summed E-state index contributed by atoms with van der Waals surface area (Å²) in [7, 11) is 2.01. The number of halogens is 1. The Morgan fingerprint density at radius 3 is 3.21 bits per heavy atom. The fourth-order valence-electron chi connectivity index (χ4n) is 2.70. The van der Waals surface area contributed by atoms with Gasteiger partial charge in [0.1, 0.15) is 0 Å². The van der Waals surface area contributed by atoms with Gasteiger partial charge in [0.25, 0.3) is 0 Å². The maximum absolute atomic E-state index is 4.64. The van der Waals surface area contributed by atoms with Crippen molar-refractivity contribution in [2.24, 2.45) is 5.92 Å². The van der Waals surface area contributed by atoms with E-state index in [1.165, 1.54) is 12.8 Å². The van der Waals surface area contributed by atoms with Gasteiger partial charge < -0.3 is 10.2 Å². The molecule has 1 fully saturated rings. The Morgan fingerprint density at radius 1 is 1.53 bits per heavy atom. The summed E-state index contributed by atoms with van der Waals surface area (Å²) in [5, 5.41) is 7.84. The SMILES string of the molecule is CNCC1CCCN(c2nc3c(Br)cccn3n2)C1. The summed E-state index contributed by atoms with van der Waals surface area (Å²) in [5.74, 6) is 1.53. The first-order valence-corrected chi connectivity index (χ1v) is 7.47. The van der Waals surface area contributed by atoms with E-state index < -0.39 is 0 Å². The fraction of sp³-hybridized carbons (Fsp3) is 0.538. The highest BCUT2D eigenvalue weighted by atomic mass is 79.9. The Kier molecular flexibility index (Phi) is 3.70. The van der Waals surface area contributed by atoms with Gasteiger partial charge in [0.2, 0.25) is 5.95 Å². The molecule has 3 heterocycles. The highest BCUT2D eigenvalue weighted by Gasteiger charge is 2.22. The summed E-state index contributed by atoms with van der Waals surface area (Å²) in [6.07, 6.45) is 4.43. The van der Waals surface area contributed by atoms with Crippen LogP contribution in [0.25, 0.3) is 5.65 Å². The maximum atomic E-state index is 4.64. The molecular formula is C13H18BrN5. The van der Waals surface area contributed by atoms with Crippen molar-refractivity contribution in [1.29, 1.82) is 0 Å². The van der Waals surface area contributed by atoms with Crippen LogP contribution in [0.3, 0.4) is 0 Å². The van der Waals surface area contributed by atoms with E-state index in [4.69, 9.17) is 0 Å². The van der Waals surface area contributed by atoms with E-state index in [1.807, 2.05) is 29.9 Å². The van der Waals surface area contributed by atoms with Crippen molar-refractivity contribution in [2.45, 2.75) is 12.8 Å². The average Bonchev–Trinajstić information content (AvgIpc) is 2.85. The quantitative estimate of drug-likeness (QED) is 0.937. The van der Waals surface area contributed by atoms with E-state index in [0.717, 1.165) is 35.7 Å². The van der Waals surface area contributed by atoms with Crippen molar-refractivity contribution < 1.29 is 0 Å². The number of nitrogens with zero attached hydrogens (tertiary/aromatic N) is 4. The van der Waals surface area contributed by atoms with Gasteiger partial charge in [0, 0.05) is 19.3 Å². The van der Waals surface area contributed by atoms with Crippen LogP contribution in [0.1, 0.15) is 12.8 Å². The van der Waals surface area contributed by atoms with Crippen molar-refractivity contribution in [3.05, 3.63) is 22.8 Å². The molecule has 5 nitrogen and oxygen atoms in total. The minimum atomic E-state index is 0.689. The Hall–Kier alpha value is -1.14. The molecule has 3 rings (SSSR count). The third-order valence-corrected chi connectivity index (χ3v) is 4.22. The van der Waals surface area contributed by atoms with E-state index in [0.29, 0.717) is 5.92 Å². The lowest BCUT2D eigenvalue weighted by Crippen LogP contribution is -2.39. The van der Waals surface area contributed by atoms with Crippen LogP contribution in [-0.2, 0) is 0 Å². The highest BCUT2D eigenvalue weighted by molar-refractivity contribution is 9.10. The van der Waals surface area contributed by atoms with Gasteiger partial charge in [-0.15, -0.1) is 5.10 Å². The molecule has 1 aliphatic heterocycles. The molecule has 0 aromatic carbocycles. The van der Waals surface area contributed by atoms with Crippen molar-refractivity contribution >= 4 is 27.5 Å². The fourth-order valence-corrected chi connectivity index (χ4v) is 3.12. The second-order valence-corrected chi connectivity index (χ2v) is 5.90. The van der Waals surface area contributed by atoms with Crippen LogP contribution in [0.2, 0.25) is 0 Å². The summed E-state index contributed by atoms with van der Waals surface area (Å²) < 4.78 is 2.82. The standard InChI is InChI=1S/C13H18BrN5/c1-15-8-10-4-2-6-18(9-10)13-16-12-11(14)5-3-7-19(12)17-13/h3,5,7,10,15H,2,4,6,8-9H2,1H3. The molecular weight excluding hydrogens is 306 g/mol. The molecule has 0 aliphatic carbocycles. The van der Waals surface area contributed by atoms with Gasteiger partial charge in [0.15, 0.2) is 5.65 Å². The van der Waals surface area contributed by atoms with E-state index >= 15 is 0 Å². The number of pyridine rings is 1. The molecule has 19 heavy (non-hydrogen) atoms. The number of fused-ring (bicyclic) bond motifs is 1. The zero-order chi connectivity index (χ0) is 13.2. The molecule has 0 radical (unpaired) electrons. The highest BCUT2D eigenvalue weighted by Crippen LogP contribution is 2.23. The first kappa shape index (κ1) is 12.9. The smallest absolute Gasteiger partial charge is 0.245 e. The Morgan fingerprint density at radius 2 is 2.42 bits per heavy atom. The summed E-state index contributed by atoms with van der Waals surface area (Å²) >= 11 is 3.52. The Bertz CT molecular complexity index is 565. The third-order valence-electron chi connectivity index (χ3n) is 3.60. The first-order chi connectivity index (χ1) is 9.28. The number of anilines is 1. The van der Waals surface area contributed by atoms with Crippen molar-refractivity contribution in [2.75, 3.05) is 31.6 Å². The number of hydrogen-bond donors (Lipinski definition) is 1. The molecule has 1 unspecified atom stereocenters. The third kappa shape index (κ3) is 2.60. The Labute approximate surface area is 121 Å². The van der Waals surface area contributed by atoms with Crippen molar-refractivity contribution in [1.82, 2.24) is 19.9 Å². The topological polar surface area (TPSA) is 45.5 Å². The molecule has 2 aromatic rings. The van der Waals surface area contributed by atoms with Gasteiger partial charge in [-0.05, 0) is 60.4 Å². The zero-order valence-corrected chi connectivity index (χ0v) is 12.6. The lowest BCUT2D eigenvalue weighted by Gasteiger charge is -2.31. The maximum Gasteiger partial charge on any atom is 0.245 e. The normalized spacial score (nSPS) is 20.1. The van der Waals surface area contributed by atoms with Gasteiger partial charge in [0.05, 0.1) is 4.47 Å². The van der Waals surface area contributed by atoms with E-state index in [-0.39, 0.29) is 0 Å². The van der Waals surface area contributed by atoms with E-state index in [2.05, 4.69) is 36.2 Å². The second kappa shape index (κ2) is 5.46. The lowest BCUT2D eigenvalue weighted by atomic mass is 9.98. The molecule has 0 saturated carbocycles. The largest absolute Gasteiger partial charge is 0.339 e. The van der Waals surface area contributed by atoms with Crippen LogP contribution >= 0.6 is 15.9 Å². The summed E-state index contributed by atoms with van der Waals surface area (Å²) in [5.41, 5.74) is 0.883. The summed E-state index contributed by atoms with van der Waals surface area (Å²) in [6.45, 7) is 3.15. The predicted octanol–water partition coefficient (Wildman–Crippen LogP) is 1.93. The molecule has 102 valence electrons. The van der Waals surface area contributed by atoms with Crippen LogP contribution in [0.4, 0.5) is 5.95 Å². The van der Waals surface area contributed by atoms with E-state index in [1.54, 1.807) is 0 Å². The first-order valence-electron chi connectivity index (χ1n) is 6.68. The van der Waals surface area contributed by atoms with Gasteiger partial charge in [-0.3, -0.25) is 0 Å². The molecule has 0 bridgehead atoms. The van der Waals surface area contributed by atoms with Gasteiger partial charge in [-0.1, -0.05) is 0 Å². The number of hydrogen-bond acceptors (Lipinski definition) is 4. The summed E-state index contributed by atoms with van der Waals surface area (Å²) in [4.78, 5) is 6.94. The number of nitrogens with one attached hydrogen (secondary N) is 1. The Balaban J connectivity index is 1.85. The lowest BCUT2D eigenvalue weighted by molar-refractivity contribution is 0.399. The van der Waals surface area contributed by atoms with Gasteiger partial charge in [-0.25, -0.2) is 4.52 Å². The van der Waals surface area contributed by atoms with Crippen molar-refractivity contribution in [3.8, 4) is 0 Å². The second-order valence-electron chi connectivity index (χ2n) is 5.05. The molecule has 2 aromatic heterocycles.